The predicted molar refractivity (Wildman–Crippen MR) is 129 cm³/mol. The fourth-order valence-corrected chi connectivity index (χ4v) is 4.18. The van der Waals surface area contributed by atoms with Gasteiger partial charge >= 0.3 is 23.8 Å². The maximum absolute atomic E-state index is 12.5. The van der Waals surface area contributed by atoms with E-state index in [2.05, 4.69) is 25.8 Å². The number of hydrogen-bond donors (Lipinski definition) is 2. The number of hydrogen-bond acceptors (Lipinski definition) is 9. The Kier molecular flexibility index (Phi) is 8.04. The van der Waals surface area contributed by atoms with Gasteiger partial charge in [-0.25, -0.2) is 4.98 Å². The summed E-state index contributed by atoms with van der Waals surface area (Å²) in [4.78, 5) is 28.1. The SMILES string of the molecule is COC(=O)C[C@H]1CC[C@H](Oc2ccc(NC(=O)c3nnc(Nc4ccc(Cl)cc4Cl)o3)cn2)CC1. The van der Waals surface area contributed by atoms with E-state index in [9.17, 15) is 9.59 Å². The largest absolute Gasteiger partial charge is 0.474 e. The van der Waals surface area contributed by atoms with Crippen molar-refractivity contribution in [1.29, 1.82) is 0 Å². The van der Waals surface area contributed by atoms with E-state index < -0.39 is 5.91 Å². The lowest BCUT2D eigenvalue weighted by Gasteiger charge is -2.28. The average Bonchev–Trinajstić information content (AvgIpc) is 3.32. The predicted octanol–water partition coefficient (Wildman–Crippen LogP) is 5.27. The van der Waals surface area contributed by atoms with Gasteiger partial charge in [0.05, 0.1) is 29.7 Å². The summed E-state index contributed by atoms with van der Waals surface area (Å²) in [6.45, 7) is 0. The molecule has 0 saturated heterocycles. The molecule has 0 aliphatic heterocycles. The van der Waals surface area contributed by atoms with Crippen molar-refractivity contribution in [3.05, 3.63) is 52.5 Å². The number of methoxy groups -OCH3 is 1. The van der Waals surface area contributed by atoms with E-state index in [4.69, 9.17) is 37.1 Å². The number of nitrogens with zero attached hydrogens (tertiary/aromatic N) is 3. The molecule has 2 aromatic heterocycles. The Hall–Kier alpha value is -3.37. The van der Waals surface area contributed by atoms with Gasteiger partial charge in [0.25, 0.3) is 0 Å². The molecule has 10 nitrogen and oxygen atoms in total. The smallest absolute Gasteiger partial charge is 0.320 e. The second-order valence-electron chi connectivity index (χ2n) is 8.04. The van der Waals surface area contributed by atoms with Gasteiger partial charge in [0.1, 0.15) is 6.10 Å². The minimum Gasteiger partial charge on any atom is -0.474 e. The van der Waals surface area contributed by atoms with Gasteiger partial charge in [-0.2, -0.15) is 0 Å². The van der Waals surface area contributed by atoms with Crippen LogP contribution >= 0.6 is 23.2 Å². The molecule has 0 spiro atoms. The summed E-state index contributed by atoms with van der Waals surface area (Å²) in [5.74, 6) is -0.207. The summed E-state index contributed by atoms with van der Waals surface area (Å²) in [7, 11) is 1.41. The van der Waals surface area contributed by atoms with Crippen molar-refractivity contribution < 1.29 is 23.5 Å². The van der Waals surface area contributed by atoms with E-state index in [0.717, 1.165) is 25.7 Å². The Morgan fingerprint density at radius 2 is 1.91 bits per heavy atom. The molecule has 2 heterocycles. The lowest BCUT2D eigenvalue weighted by molar-refractivity contribution is -0.142. The molecule has 0 unspecified atom stereocenters. The highest BCUT2D eigenvalue weighted by atomic mass is 35.5. The van der Waals surface area contributed by atoms with E-state index in [1.54, 1.807) is 30.3 Å². The minimum absolute atomic E-state index is 0.00236. The Morgan fingerprint density at radius 1 is 1.11 bits per heavy atom. The molecule has 3 aromatic rings. The highest BCUT2D eigenvalue weighted by molar-refractivity contribution is 6.36. The Morgan fingerprint density at radius 3 is 2.60 bits per heavy atom. The number of rotatable bonds is 8. The van der Waals surface area contributed by atoms with Crippen molar-refractivity contribution in [3.63, 3.8) is 0 Å². The van der Waals surface area contributed by atoms with Gasteiger partial charge in [0.15, 0.2) is 0 Å². The third-order valence-electron chi connectivity index (χ3n) is 5.55. The highest BCUT2D eigenvalue weighted by Crippen LogP contribution is 2.30. The van der Waals surface area contributed by atoms with Gasteiger partial charge in [-0.3, -0.25) is 9.59 Å². The molecule has 184 valence electrons. The van der Waals surface area contributed by atoms with Crippen LogP contribution in [0.3, 0.4) is 0 Å². The molecule has 1 amide bonds. The summed E-state index contributed by atoms with van der Waals surface area (Å²) in [6.07, 6.45) is 5.46. The first-order chi connectivity index (χ1) is 16.9. The molecule has 0 atom stereocenters. The first-order valence-electron chi connectivity index (χ1n) is 11.0. The normalized spacial score (nSPS) is 17.5. The number of halogens is 2. The zero-order chi connectivity index (χ0) is 24.8. The van der Waals surface area contributed by atoms with Crippen LogP contribution in [0.5, 0.6) is 5.88 Å². The minimum atomic E-state index is -0.591. The number of amides is 1. The second-order valence-corrected chi connectivity index (χ2v) is 8.89. The van der Waals surface area contributed by atoms with Crippen LogP contribution in [0.2, 0.25) is 10.0 Å². The number of carbonyl (C=O) groups excluding carboxylic acids is 2. The number of aromatic nitrogens is 3. The van der Waals surface area contributed by atoms with Crippen molar-refractivity contribution >= 4 is 52.5 Å². The molecule has 1 aromatic carbocycles. The summed E-state index contributed by atoms with van der Waals surface area (Å²) in [5.41, 5.74) is 0.945. The lowest BCUT2D eigenvalue weighted by atomic mass is 9.85. The Labute approximate surface area is 211 Å². The first kappa shape index (κ1) is 24.7. The standard InChI is InChI=1S/C23H23Cl2N5O5/c1-33-20(31)10-13-2-6-16(7-3-13)34-19-9-5-15(12-26-19)27-21(32)22-29-30-23(35-22)28-18-8-4-14(24)11-17(18)25/h4-5,8-9,11-13,16H,2-3,6-7,10H2,1H3,(H,27,32)(H,28,30)/t13-,16-. The van der Waals surface area contributed by atoms with Gasteiger partial charge < -0.3 is 24.5 Å². The van der Waals surface area contributed by atoms with Crippen LogP contribution in [0.25, 0.3) is 0 Å². The van der Waals surface area contributed by atoms with Gasteiger partial charge in [0.2, 0.25) is 5.88 Å². The second kappa shape index (κ2) is 11.4. The average molecular weight is 520 g/mol. The Bertz CT molecular complexity index is 1180. The lowest BCUT2D eigenvalue weighted by Crippen LogP contribution is -2.25. The van der Waals surface area contributed by atoms with Crippen molar-refractivity contribution in [2.75, 3.05) is 17.7 Å². The van der Waals surface area contributed by atoms with E-state index in [-0.39, 0.29) is 24.0 Å². The van der Waals surface area contributed by atoms with Crippen LogP contribution in [0.4, 0.5) is 17.4 Å². The summed E-state index contributed by atoms with van der Waals surface area (Å²) in [6, 6.07) is 8.22. The van der Waals surface area contributed by atoms with Crippen LogP contribution in [0.1, 0.15) is 42.8 Å². The van der Waals surface area contributed by atoms with Crippen LogP contribution in [0.15, 0.2) is 40.9 Å². The first-order valence-corrected chi connectivity index (χ1v) is 11.7. The molecule has 0 radical (unpaired) electrons. The Balaban J connectivity index is 1.27. The number of pyridine rings is 1. The van der Waals surface area contributed by atoms with Crippen molar-refractivity contribution in [2.45, 2.75) is 38.2 Å². The molecule has 1 aliphatic carbocycles. The summed E-state index contributed by atoms with van der Waals surface area (Å²) in [5, 5.41) is 13.9. The summed E-state index contributed by atoms with van der Waals surface area (Å²) >= 11 is 12.0. The van der Waals surface area contributed by atoms with Crippen molar-refractivity contribution in [3.8, 4) is 5.88 Å². The van der Waals surface area contributed by atoms with E-state index in [1.165, 1.54) is 13.3 Å². The van der Waals surface area contributed by atoms with E-state index >= 15 is 0 Å². The van der Waals surface area contributed by atoms with E-state index in [1.807, 2.05) is 0 Å². The number of ether oxygens (including phenoxy) is 2. The monoisotopic (exact) mass is 519 g/mol. The summed E-state index contributed by atoms with van der Waals surface area (Å²) < 4.78 is 16.0. The van der Waals surface area contributed by atoms with Crippen molar-refractivity contribution in [1.82, 2.24) is 15.2 Å². The van der Waals surface area contributed by atoms with Crippen LogP contribution in [-0.2, 0) is 9.53 Å². The third kappa shape index (κ3) is 6.83. The number of benzene rings is 1. The number of carbonyl (C=O) groups is 2. The van der Waals surface area contributed by atoms with Crippen molar-refractivity contribution in [2.24, 2.45) is 5.92 Å². The molecule has 2 N–H and O–H groups in total. The molecular weight excluding hydrogens is 497 g/mol. The molecule has 4 rings (SSSR count). The number of anilines is 3. The number of nitrogens with one attached hydrogen (secondary N) is 2. The van der Waals surface area contributed by atoms with Crippen LogP contribution in [0, 0.1) is 5.92 Å². The molecule has 12 heteroatoms. The maximum atomic E-state index is 12.5. The molecule has 0 bridgehead atoms. The quantitative estimate of drug-likeness (QED) is 0.382. The molecule has 1 fully saturated rings. The fourth-order valence-electron chi connectivity index (χ4n) is 3.72. The van der Waals surface area contributed by atoms with Crippen LogP contribution in [-0.4, -0.2) is 40.3 Å². The fraction of sp³-hybridized carbons (Fsp3) is 0.348. The van der Waals surface area contributed by atoms with Crippen LogP contribution < -0.4 is 15.4 Å². The molecule has 35 heavy (non-hydrogen) atoms. The van der Waals surface area contributed by atoms with Gasteiger partial charge in [-0.15, -0.1) is 5.10 Å². The zero-order valence-corrected chi connectivity index (χ0v) is 20.3. The van der Waals surface area contributed by atoms with Gasteiger partial charge in [-0.05, 0) is 55.9 Å². The maximum Gasteiger partial charge on any atom is 0.320 e. The highest BCUT2D eigenvalue weighted by Gasteiger charge is 2.25. The number of esters is 1. The topological polar surface area (TPSA) is 128 Å². The third-order valence-corrected chi connectivity index (χ3v) is 6.10. The molecule has 1 saturated carbocycles. The molecular formula is C23H23Cl2N5O5. The van der Waals surface area contributed by atoms with Gasteiger partial charge in [-0.1, -0.05) is 28.3 Å². The molecule has 1 aliphatic rings. The van der Waals surface area contributed by atoms with Gasteiger partial charge in [0, 0.05) is 17.5 Å². The van der Waals surface area contributed by atoms with E-state index in [0.29, 0.717) is 39.6 Å². The zero-order valence-electron chi connectivity index (χ0n) is 18.8.